The van der Waals surface area contributed by atoms with Gasteiger partial charge in [0, 0.05) is 25.7 Å². The van der Waals surface area contributed by atoms with E-state index in [0.29, 0.717) is 31.6 Å². The van der Waals surface area contributed by atoms with Gasteiger partial charge in [-0.3, -0.25) is 37.3 Å². The highest BCUT2D eigenvalue weighted by Crippen LogP contribution is 2.45. The third-order valence-electron chi connectivity index (χ3n) is 20.8. The largest absolute Gasteiger partial charge is 0.472 e. The van der Waals surface area contributed by atoms with Crippen LogP contribution in [0.1, 0.15) is 447 Å². The zero-order valence-electron chi connectivity index (χ0n) is 69.4. The molecule has 0 aliphatic heterocycles. The summed E-state index contributed by atoms with van der Waals surface area (Å²) in [6, 6.07) is 0. The number of carbonyl (C=O) groups is 4. The summed E-state index contributed by atoms with van der Waals surface area (Å²) in [5, 5.41) is 10.7. The minimum absolute atomic E-state index is 0.105. The average molecular weight is 1540 g/mol. The van der Waals surface area contributed by atoms with Crippen molar-refractivity contribution in [3.8, 4) is 0 Å². The predicted molar refractivity (Wildman–Crippen MR) is 432 cm³/mol. The van der Waals surface area contributed by atoms with Gasteiger partial charge in [-0.15, -0.1) is 0 Å². The number of hydrogen-bond donors (Lipinski definition) is 3. The highest BCUT2D eigenvalue weighted by atomic mass is 31.2. The molecular formula is C86H168O17P2. The highest BCUT2D eigenvalue weighted by molar-refractivity contribution is 7.47. The predicted octanol–water partition coefficient (Wildman–Crippen LogP) is 25.9. The van der Waals surface area contributed by atoms with Crippen molar-refractivity contribution < 1.29 is 80.2 Å². The van der Waals surface area contributed by atoms with Gasteiger partial charge < -0.3 is 33.8 Å². The van der Waals surface area contributed by atoms with E-state index in [1.807, 2.05) is 0 Å². The van der Waals surface area contributed by atoms with E-state index in [9.17, 15) is 43.2 Å². The summed E-state index contributed by atoms with van der Waals surface area (Å²) in [6.07, 6.45) is 64.1. The number of aliphatic hydroxyl groups is 1. The summed E-state index contributed by atoms with van der Waals surface area (Å²) in [7, 11) is -9.93. The van der Waals surface area contributed by atoms with Crippen LogP contribution in [0.15, 0.2) is 0 Å². The normalized spacial score (nSPS) is 14.4. The van der Waals surface area contributed by atoms with E-state index < -0.39 is 97.5 Å². The summed E-state index contributed by atoms with van der Waals surface area (Å²) < 4.78 is 68.8. The lowest BCUT2D eigenvalue weighted by Crippen LogP contribution is -2.30. The Bertz CT molecular complexity index is 2050. The number of hydrogen-bond acceptors (Lipinski definition) is 15. The second-order valence-corrected chi connectivity index (χ2v) is 35.3. The molecule has 0 aromatic carbocycles. The molecule has 0 aromatic rings. The second kappa shape index (κ2) is 74.8. The standard InChI is InChI=1S/C86H168O17P2/c1-9-78(7)64-56-48-40-32-28-24-20-16-12-14-17-21-25-29-33-42-50-58-66-83(88)96-72-81(103-86(91)69-61-53-44-36-35-41-49-57-65-79(8)10-2)74-100-104(92,93)98-70-80(87)71-99-105(94,95)101-75-82(73-97-84(89)67-59-51-45-37-39-47-55-63-77(5)6)102-85(90)68-60-52-43-34-30-26-22-18-13-11-15-19-23-27-31-38-46-54-62-76(3)4/h76-82,87H,9-75H2,1-8H3,(H,92,93)(H,94,95)/t78?,79?,80?,81-,82-/m1/s1. The summed E-state index contributed by atoms with van der Waals surface area (Å²) >= 11 is 0. The molecule has 0 radical (unpaired) electrons. The lowest BCUT2D eigenvalue weighted by atomic mass is 9.99. The summed E-state index contributed by atoms with van der Waals surface area (Å²) in [5.41, 5.74) is 0. The maximum Gasteiger partial charge on any atom is 0.472 e. The zero-order valence-corrected chi connectivity index (χ0v) is 71.2. The molecule has 0 saturated carbocycles. The van der Waals surface area contributed by atoms with Gasteiger partial charge in [-0.2, -0.15) is 0 Å². The third-order valence-corrected chi connectivity index (χ3v) is 22.7. The van der Waals surface area contributed by atoms with Gasteiger partial charge in [0.25, 0.3) is 0 Å². The molecule has 0 rings (SSSR count). The van der Waals surface area contributed by atoms with Gasteiger partial charge in [-0.25, -0.2) is 9.13 Å². The van der Waals surface area contributed by atoms with Crippen LogP contribution in [-0.2, 0) is 65.4 Å². The van der Waals surface area contributed by atoms with E-state index in [1.54, 1.807) is 0 Å². The summed E-state index contributed by atoms with van der Waals surface area (Å²) in [6.45, 7) is 14.3. The van der Waals surface area contributed by atoms with E-state index in [2.05, 4.69) is 55.4 Å². The molecule has 0 saturated heterocycles. The summed E-state index contributed by atoms with van der Waals surface area (Å²) in [5.74, 6) is 1.06. The molecule has 0 spiro atoms. The molecular weight excluding hydrogens is 1370 g/mol. The molecule has 0 fully saturated rings. The molecule has 17 nitrogen and oxygen atoms in total. The van der Waals surface area contributed by atoms with Gasteiger partial charge in [0.1, 0.15) is 19.3 Å². The van der Waals surface area contributed by atoms with Crippen molar-refractivity contribution in [2.45, 2.75) is 465 Å². The van der Waals surface area contributed by atoms with E-state index in [0.717, 1.165) is 114 Å². The molecule has 624 valence electrons. The fourth-order valence-corrected chi connectivity index (χ4v) is 14.8. The molecule has 3 N–H and O–H groups in total. The Kier molecular flexibility index (Phi) is 73.4. The van der Waals surface area contributed by atoms with Crippen LogP contribution >= 0.6 is 15.6 Å². The monoisotopic (exact) mass is 1540 g/mol. The van der Waals surface area contributed by atoms with Crippen LogP contribution in [0.2, 0.25) is 0 Å². The molecule has 0 aliphatic carbocycles. The number of esters is 4. The fourth-order valence-electron chi connectivity index (χ4n) is 13.3. The maximum atomic E-state index is 13.1. The Morgan fingerprint density at radius 2 is 0.457 bits per heavy atom. The Morgan fingerprint density at radius 1 is 0.267 bits per heavy atom. The van der Waals surface area contributed by atoms with Crippen molar-refractivity contribution >= 4 is 39.5 Å². The van der Waals surface area contributed by atoms with Gasteiger partial charge in [0.05, 0.1) is 26.4 Å². The summed E-state index contributed by atoms with van der Waals surface area (Å²) in [4.78, 5) is 73.1. The van der Waals surface area contributed by atoms with Crippen LogP contribution in [0.3, 0.4) is 0 Å². The van der Waals surface area contributed by atoms with Crippen molar-refractivity contribution in [3.63, 3.8) is 0 Å². The van der Waals surface area contributed by atoms with Crippen molar-refractivity contribution in [2.24, 2.45) is 23.7 Å². The topological polar surface area (TPSA) is 237 Å². The van der Waals surface area contributed by atoms with Crippen LogP contribution in [-0.4, -0.2) is 96.7 Å². The van der Waals surface area contributed by atoms with E-state index in [4.69, 9.17) is 37.0 Å². The molecule has 0 bridgehead atoms. The molecule has 0 heterocycles. The first-order valence-electron chi connectivity index (χ1n) is 44.3. The highest BCUT2D eigenvalue weighted by Gasteiger charge is 2.31. The Morgan fingerprint density at radius 3 is 0.676 bits per heavy atom. The number of phosphoric acid groups is 2. The van der Waals surface area contributed by atoms with Crippen LogP contribution in [0.4, 0.5) is 0 Å². The quantitative estimate of drug-likeness (QED) is 0.0222. The van der Waals surface area contributed by atoms with Crippen molar-refractivity contribution in [1.82, 2.24) is 0 Å². The lowest BCUT2D eigenvalue weighted by molar-refractivity contribution is -0.161. The number of aliphatic hydroxyl groups excluding tert-OH is 1. The van der Waals surface area contributed by atoms with E-state index in [-0.39, 0.29) is 25.7 Å². The molecule has 7 atom stereocenters. The Hall–Kier alpha value is -1.94. The first-order valence-corrected chi connectivity index (χ1v) is 47.3. The van der Waals surface area contributed by atoms with Gasteiger partial charge in [0.2, 0.25) is 0 Å². The van der Waals surface area contributed by atoms with Gasteiger partial charge >= 0.3 is 39.5 Å². The molecule has 105 heavy (non-hydrogen) atoms. The SMILES string of the molecule is CCC(C)CCCCCCCCCCCCCCCCCCCCC(=O)OC[C@H](COP(=O)(O)OCC(O)COP(=O)(O)OC[C@@H](COC(=O)CCCCCCCCCC(C)C)OC(=O)CCCCCCCCCCCCCCCCCCCCC(C)C)OC(=O)CCCCCCCCCCC(C)CC. The van der Waals surface area contributed by atoms with Crippen LogP contribution < -0.4 is 0 Å². The smallest absolute Gasteiger partial charge is 0.462 e. The van der Waals surface area contributed by atoms with Crippen LogP contribution in [0.5, 0.6) is 0 Å². The number of phosphoric ester groups is 2. The van der Waals surface area contributed by atoms with Gasteiger partial charge in [0.15, 0.2) is 12.2 Å². The Labute approximate surface area is 645 Å². The molecule has 19 heteroatoms. The minimum atomic E-state index is -4.96. The van der Waals surface area contributed by atoms with E-state index >= 15 is 0 Å². The first-order chi connectivity index (χ1) is 50.7. The number of rotatable bonds is 83. The minimum Gasteiger partial charge on any atom is -0.462 e. The number of unbranched alkanes of at least 4 members (excludes halogenated alkanes) is 47. The lowest BCUT2D eigenvalue weighted by Gasteiger charge is -2.21. The van der Waals surface area contributed by atoms with Crippen LogP contribution in [0, 0.1) is 23.7 Å². The fraction of sp³-hybridized carbons (Fsp3) is 0.953. The van der Waals surface area contributed by atoms with Gasteiger partial charge in [-0.05, 0) is 49.4 Å². The van der Waals surface area contributed by atoms with Crippen molar-refractivity contribution in [3.05, 3.63) is 0 Å². The number of carbonyl (C=O) groups excluding carboxylic acids is 4. The Balaban J connectivity index is 5.14. The van der Waals surface area contributed by atoms with Crippen LogP contribution in [0.25, 0.3) is 0 Å². The maximum absolute atomic E-state index is 13.1. The van der Waals surface area contributed by atoms with Gasteiger partial charge in [-0.1, -0.05) is 396 Å². The molecule has 0 amide bonds. The molecule has 5 unspecified atom stereocenters. The second-order valence-electron chi connectivity index (χ2n) is 32.4. The van der Waals surface area contributed by atoms with Crippen molar-refractivity contribution in [1.29, 1.82) is 0 Å². The first kappa shape index (κ1) is 103. The average Bonchev–Trinajstić information content (AvgIpc) is 0.933. The number of ether oxygens (including phenoxy) is 4. The molecule has 0 aromatic heterocycles. The third kappa shape index (κ3) is 77.2. The molecule has 0 aliphatic rings. The van der Waals surface area contributed by atoms with Crippen molar-refractivity contribution in [2.75, 3.05) is 39.6 Å². The zero-order chi connectivity index (χ0) is 77.4. The van der Waals surface area contributed by atoms with E-state index in [1.165, 1.54) is 244 Å².